The van der Waals surface area contributed by atoms with Crippen molar-refractivity contribution in [1.82, 2.24) is 25.2 Å². The van der Waals surface area contributed by atoms with Crippen molar-refractivity contribution in [2.24, 2.45) is 23.2 Å². The number of fused-ring (bicyclic) bond motifs is 1. The molecule has 6 rings (SSSR count). The number of hydrogen-bond acceptors (Lipinski definition) is 4. The van der Waals surface area contributed by atoms with Gasteiger partial charge in [-0.25, -0.2) is 27.1 Å². The fraction of sp³-hybridized carbons (Fsp3) is 0.714. The standard InChI is InChI=1S/C28H35F4N5O2/c1-2-4-21(38)35-22(16-5-6-16)18-13-20-34-19(15-37(20)33-14-18)23(17-7-11-27(29,30)12-8-17)36-25(39)24-26(9-3-10-26)28(24,31)32/h13-17,22-24H,2-12H2,1H3,(H,35,38)(H,36,39)/t22-,23+,24+/m1/s1. The number of nitrogens with one attached hydrogen (secondary N) is 2. The number of carbonyl (C=O) groups is 2. The molecule has 4 saturated carbocycles. The molecule has 2 aromatic heterocycles. The quantitative estimate of drug-likeness (QED) is 0.404. The van der Waals surface area contributed by atoms with Crippen molar-refractivity contribution < 1.29 is 27.2 Å². The van der Waals surface area contributed by atoms with Gasteiger partial charge in [0.2, 0.25) is 17.7 Å². The van der Waals surface area contributed by atoms with Crippen molar-refractivity contribution in [3.8, 4) is 0 Å². The fourth-order valence-corrected chi connectivity index (χ4v) is 6.78. The molecule has 7 nitrogen and oxygen atoms in total. The molecule has 1 spiro atoms. The van der Waals surface area contributed by atoms with Gasteiger partial charge in [-0.2, -0.15) is 5.10 Å². The summed E-state index contributed by atoms with van der Waals surface area (Å²) in [6, 6.07) is 0.905. The van der Waals surface area contributed by atoms with E-state index in [1.54, 1.807) is 16.9 Å². The Hall–Kier alpha value is -2.72. The predicted octanol–water partition coefficient (Wildman–Crippen LogP) is 5.51. The summed E-state index contributed by atoms with van der Waals surface area (Å²) in [6.45, 7) is 1.95. The Bertz CT molecular complexity index is 1260. The predicted molar refractivity (Wildman–Crippen MR) is 134 cm³/mol. The molecule has 2 heterocycles. The van der Waals surface area contributed by atoms with Gasteiger partial charge in [0, 0.05) is 19.3 Å². The smallest absolute Gasteiger partial charge is 0.266 e. The van der Waals surface area contributed by atoms with Gasteiger partial charge >= 0.3 is 0 Å². The lowest BCUT2D eigenvalue weighted by atomic mass is 9.78. The average Bonchev–Trinajstić information content (AvgIpc) is 3.73. The van der Waals surface area contributed by atoms with E-state index in [1.165, 1.54) is 0 Å². The number of rotatable bonds is 9. The Morgan fingerprint density at radius 1 is 1.03 bits per heavy atom. The van der Waals surface area contributed by atoms with Crippen molar-refractivity contribution >= 4 is 17.5 Å². The maximum Gasteiger partial charge on any atom is 0.266 e. The number of nitrogens with zero attached hydrogens (tertiary/aromatic N) is 3. The first-order chi connectivity index (χ1) is 18.5. The Balaban J connectivity index is 1.27. The van der Waals surface area contributed by atoms with Gasteiger partial charge in [0.25, 0.3) is 5.92 Å². The summed E-state index contributed by atoms with van der Waals surface area (Å²) in [5.74, 6) is -7.93. The number of halogens is 4. The highest BCUT2D eigenvalue weighted by atomic mass is 19.3. The highest BCUT2D eigenvalue weighted by Gasteiger charge is 2.84. The second-order valence-electron chi connectivity index (χ2n) is 12.1. The molecule has 2 N–H and O–H groups in total. The molecule has 39 heavy (non-hydrogen) atoms. The SMILES string of the molecule is CCCC(=O)N[C@@H](c1cnn2cc([C@@H](NC(=O)[C@@H]3C(F)(F)C34CCC4)C3CCC(F)(F)CC3)nc2c1)C1CC1. The maximum atomic E-state index is 14.6. The van der Waals surface area contributed by atoms with Crippen LogP contribution in [0.2, 0.25) is 0 Å². The minimum Gasteiger partial charge on any atom is -0.349 e. The molecule has 0 bridgehead atoms. The Labute approximate surface area is 224 Å². The zero-order valence-corrected chi connectivity index (χ0v) is 22.1. The molecule has 3 atom stereocenters. The van der Waals surface area contributed by atoms with Gasteiger partial charge in [0.1, 0.15) is 5.92 Å². The molecular formula is C28H35F4N5O2. The van der Waals surface area contributed by atoms with E-state index in [0.717, 1.165) is 24.8 Å². The molecule has 2 amide bonds. The van der Waals surface area contributed by atoms with E-state index in [-0.39, 0.29) is 43.6 Å². The van der Waals surface area contributed by atoms with Crippen molar-refractivity contribution in [2.75, 3.05) is 0 Å². The van der Waals surface area contributed by atoms with Crippen LogP contribution in [0.5, 0.6) is 0 Å². The van der Waals surface area contributed by atoms with Gasteiger partial charge in [0.05, 0.1) is 35.6 Å². The van der Waals surface area contributed by atoms with E-state index >= 15 is 0 Å². The Kier molecular flexibility index (Phi) is 6.41. The fourth-order valence-electron chi connectivity index (χ4n) is 6.78. The molecule has 0 aromatic carbocycles. The Morgan fingerprint density at radius 2 is 1.72 bits per heavy atom. The van der Waals surface area contributed by atoms with Gasteiger partial charge in [-0.3, -0.25) is 9.59 Å². The summed E-state index contributed by atoms with van der Waals surface area (Å²) in [5, 5.41) is 10.4. The first-order valence-electron chi connectivity index (χ1n) is 14.3. The third kappa shape index (κ3) is 4.69. The van der Waals surface area contributed by atoms with Crippen LogP contribution in [-0.2, 0) is 9.59 Å². The largest absolute Gasteiger partial charge is 0.349 e. The van der Waals surface area contributed by atoms with Gasteiger partial charge < -0.3 is 10.6 Å². The van der Waals surface area contributed by atoms with Gasteiger partial charge in [-0.15, -0.1) is 0 Å². The van der Waals surface area contributed by atoms with E-state index in [1.807, 2.05) is 13.0 Å². The topological polar surface area (TPSA) is 88.4 Å². The summed E-state index contributed by atoms with van der Waals surface area (Å²) in [5.41, 5.74) is 0.503. The maximum absolute atomic E-state index is 14.6. The minimum absolute atomic E-state index is 0.0173. The summed E-state index contributed by atoms with van der Waals surface area (Å²) >= 11 is 0. The lowest BCUT2D eigenvalue weighted by molar-refractivity contribution is -0.126. The van der Waals surface area contributed by atoms with Crippen molar-refractivity contribution in [2.45, 2.75) is 101 Å². The van der Waals surface area contributed by atoms with E-state index in [0.29, 0.717) is 42.9 Å². The van der Waals surface area contributed by atoms with Crippen molar-refractivity contribution in [3.63, 3.8) is 0 Å². The zero-order valence-electron chi connectivity index (χ0n) is 22.1. The molecule has 0 unspecified atom stereocenters. The average molecular weight is 550 g/mol. The van der Waals surface area contributed by atoms with Crippen LogP contribution >= 0.6 is 0 Å². The molecule has 11 heteroatoms. The van der Waals surface area contributed by atoms with E-state index in [9.17, 15) is 27.2 Å². The van der Waals surface area contributed by atoms with Crippen LogP contribution < -0.4 is 10.6 Å². The molecule has 2 aromatic rings. The van der Waals surface area contributed by atoms with Crippen LogP contribution in [0.4, 0.5) is 17.6 Å². The highest BCUT2D eigenvalue weighted by molar-refractivity contribution is 5.85. The summed E-state index contributed by atoms with van der Waals surface area (Å²) in [7, 11) is 0. The molecule has 4 aliphatic carbocycles. The van der Waals surface area contributed by atoms with E-state index in [2.05, 4.69) is 15.7 Å². The van der Waals surface area contributed by atoms with Crippen LogP contribution in [0, 0.1) is 23.2 Å². The summed E-state index contributed by atoms with van der Waals surface area (Å²) in [6.07, 6.45) is 7.56. The van der Waals surface area contributed by atoms with Gasteiger partial charge in [0.15, 0.2) is 5.65 Å². The lowest BCUT2D eigenvalue weighted by Gasteiger charge is -2.33. The van der Waals surface area contributed by atoms with Crippen molar-refractivity contribution in [1.29, 1.82) is 0 Å². The molecule has 0 saturated heterocycles. The minimum atomic E-state index is -3.03. The number of carbonyl (C=O) groups excluding carboxylic acids is 2. The molecule has 0 aliphatic heterocycles. The first kappa shape index (κ1) is 26.5. The molecule has 212 valence electrons. The van der Waals surface area contributed by atoms with Crippen LogP contribution in [0.3, 0.4) is 0 Å². The summed E-state index contributed by atoms with van der Waals surface area (Å²) in [4.78, 5) is 30.2. The van der Waals surface area contributed by atoms with E-state index in [4.69, 9.17) is 4.98 Å². The molecule has 4 fully saturated rings. The van der Waals surface area contributed by atoms with Crippen LogP contribution in [0.25, 0.3) is 5.65 Å². The van der Waals surface area contributed by atoms with Gasteiger partial charge in [-0.1, -0.05) is 13.3 Å². The molecular weight excluding hydrogens is 514 g/mol. The van der Waals surface area contributed by atoms with Crippen LogP contribution in [0.15, 0.2) is 18.5 Å². The lowest BCUT2D eigenvalue weighted by Crippen LogP contribution is -2.39. The monoisotopic (exact) mass is 549 g/mol. The number of amides is 2. The summed E-state index contributed by atoms with van der Waals surface area (Å²) < 4.78 is 58.7. The van der Waals surface area contributed by atoms with Crippen LogP contribution in [-0.4, -0.2) is 38.3 Å². The second kappa shape index (κ2) is 9.44. The number of alkyl halides is 4. The third-order valence-corrected chi connectivity index (χ3v) is 9.46. The number of aromatic nitrogens is 3. The highest BCUT2D eigenvalue weighted by Crippen LogP contribution is 2.75. The number of hydrogen-bond donors (Lipinski definition) is 2. The second-order valence-corrected chi connectivity index (χ2v) is 12.1. The van der Waals surface area contributed by atoms with Crippen molar-refractivity contribution in [3.05, 3.63) is 29.7 Å². The molecule has 0 radical (unpaired) electrons. The Morgan fingerprint density at radius 3 is 2.31 bits per heavy atom. The third-order valence-electron chi connectivity index (χ3n) is 9.46. The van der Waals surface area contributed by atoms with Crippen LogP contribution in [0.1, 0.15) is 101 Å². The zero-order chi connectivity index (χ0) is 27.6. The van der Waals surface area contributed by atoms with E-state index < -0.39 is 35.1 Å². The normalized spacial score (nSPS) is 26.5. The number of imidazole rings is 1. The molecule has 4 aliphatic rings. The first-order valence-corrected chi connectivity index (χ1v) is 14.3. The van der Waals surface area contributed by atoms with Gasteiger partial charge in [-0.05, 0) is 68.4 Å².